The van der Waals surface area contributed by atoms with Crippen LogP contribution in [0.15, 0.2) is 59.0 Å². The normalized spacial score (nSPS) is 17.0. The van der Waals surface area contributed by atoms with Gasteiger partial charge >= 0.3 is 0 Å². The van der Waals surface area contributed by atoms with Gasteiger partial charge in [-0.2, -0.15) is 0 Å². The Hall–Kier alpha value is -3.23. The van der Waals surface area contributed by atoms with Crippen molar-refractivity contribution in [2.75, 3.05) is 26.2 Å². The lowest BCUT2D eigenvalue weighted by Gasteiger charge is -2.41. The van der Waals surface area contributed by atoms with Crippen molar-refractivity contribution >= 4 is 34.2 Å². The third-order valence-electron chi connectivity index (χ3n) is 9.91. The van der Waals surface area contributed by atoms with Crippen LogP contribution in [0.5, 0.6) is 0 Å². The molecule has 8 heteroatoms. The fourth-order valence-corrected chi connectivity index (χ4v) is 7.97. The zero-order valence-electron chi connectivity index (χ0n) is 30.7. The summed E-state index contributed by atoms with van der Waals surface area (Å²) in [4.78, 5) is 38.5. The first-order chi connectivity index (χ1) is 23.2. The molecule has 0 spiro atoms. The van der Waals surface area contributed by atoms with E-state index in [0.717, 1.165) is 81.6 Å². The predicted molar refractivity (Wildman–Crippen MR) is 202 cm³/mol. The smallest absolute Gasteiger partial charge is 0.252 e. The van der Waals surface area contributed by atoms with Crippen LogP contribution in [-0.2, 0) is 11.2 Å². The Bertz CT molecular complexity index is 1540. The molecule has 2 aromatic heterocycles. The van der Waals surface area contributed by atoms with Crippen molar-refractivity contribution < 1.29 is 9.59 Å². The van der Waals surface area contributed by atoms with Gasteiger partial charge in [-0.25, -0.2) is 4.98 Å². The minimum Gasteiger partial charge on any atom is -0.341 e. The molecule has 1 saturated heterocycles. The Morgan fingerprint density at radius 3 is 2.44 bits per heavy atom. The summed E-state index contributed by atoms with van der Waals surface area (Å²) in [7, 11) is 0. The summed E-state index contributed by atoms with van der Waals surface area (Å²) in [5, 5.41) is 5.25. The largest absolute Gasteiger partial charge is 0.341 e. The highest BCUT2D eigenvalue weighted by Crippen LogP contribution is 2.29. The minimum atomic E-state index is -0.543. The van der Waals surface area contributed by atoms with Crippen molar-refractivity contribution in [3.8, 4) is 0 Å². The van der Waals surface area contributed by atoms with E-state index in [1.807, 2.05) is 36.9 Å². The number of amides is 2. The Labute approximate surface area is 293 Å². The standard InChI is InChI=1S/C38H53N5O2S.C2H6/c1-7-11-29-25-42(18-15-27(29)6)31-16-19-41(20-17-31)38(45)34(22-26(4)5)40-37(44)28-13-14-35-33(23-28)39-36(24-32-12-10-21-46-32)43(35)30(8-2)9-3;1-2/h7,10-14,21,23,26,30-31,34H,8-9,15-20,22,24-25H2,1-6H3,(H,40,44);1-2H3/b11-7-;/t34-;/m0./s1. The second-order valence-electron chi connectivity index (χ2n) is 13.6. The number of rotatable bonds is 12. The van der Waals surface area contributed by atoms with E-state index in [1.54, 1.807) is 11.3 Å². The van der Waals surface area contributed by atoms with Gasteiger partial charge in [0, 0.05) is 55.1 Å². The van der Waals surface area contributed by atoms with E-state index < -0.39 is 6.04 Å². The molecule has 0 unspecified atom stereocenters. The molecule has 1 N–H and O–H groups in total. The molecular formula is C40H59N5O2S. The van der Waals surface area contributed by atoms with Gasteiger partial charge in [0.2, 0.25) is 5.91 Å². The number of fused-ring (bicyclic) bond motifs is 1. The van der Waals surface area contributed by atoms with Gasteiger partial charge in [0.25, 0.3) is 5.91 Å². The number of carbonyl (C=O) groups is 2. The monoisotopic (exact) mass is 673 g/mol. The lowest BCUT2D eigenvalue weighted by molar-refractivity contribution is -0.135. The van der Waals surface area contributed by atoms with Crippen molar-refractivity contribution in [1.82, 2.24) is 24.7 Å². The fraction of sp³-hybridized carbons (Fsp3) is 0.575. The van der Waals surface area contributed by atoms with E-state index >= 15 is 0 Å². The second-order valence-corrected chi connectivity index (χ2v) is 14.6. The summed E-state index contributed by atoms with van der Waals surface area (Å²) in [6.07, 6.45) is 10.9. The second kappa shape index (κ2) is 18.0. The quantitative estimate of drug-likeness (QED) is 0.209. The third kappa shape index (κ3) is 9.06. The van der Waals surface area contributed by atoms with Gasteiger partial charge in [-0.3, -0.25) is 14.5 Å². The summed E-state index contributed by atoms with van der Waals surface area (Å²) >= 11 is 1.75. The predicted octanol–water partition coefficient (Wildman–Crippen LogP) is 8.81. The molecule has 0 radical (unpaired) electrons. The van der Waals surface area contributed by atoms with Gasteiger partial charge in [-0.1, -0.05) is 65.3 Å². The van der Waals surface area contributed by atoms with Gasteiger partial charge in [0.05, 0.1) is 11.0 Å². The Morgan fingerprint density at radius 1 is 1.08 bits per heavy atom. The van der Waals surface area contributed by atoms with Crippen molar-refractivity contribution in [2.45, 2.75) is 118 Å². The molecule has 0 saturated carbocycles. The number of carbonyl (C=O) groups excluding carboxylic acids is 2. The lowest BCUT2D eigenvalue weighted by atomic mass is 9.95. The Morgan fingerprint density at radius 2 is 1.81 bits per heavy atom. The van der Waals surface area contributed by atoms with Crippen molar-refractivity contribution in [1.29, 1.82) is 0 Å². The first-order valence-electron chi connectivity index (χ1n) is 18.4. The molecule has 7 nitrogen and oxygen atoms in total. The molecule has 1 atom stereocenters. The van der Waals surface area contributed by atoms with E-state index in [-0.39, 0.29) is 17.7 Å². The number of nitrogens with one attached hydrogen (secondary N) is 1. The topological polar surface area (TPSA) is 70.5 Å². The minimum absolute atomic E-state index is 0.0433. The molecule has 0 bridgehead atoms. The number of aromatic nitrogens is 2. The molecule has 2 aliphatic heterocycles. The SMILES string of the molecule is C/C=C\C1=C(C)CCN(C2CCN(C(=O)[C@H](CC(C)C)NC(=O)c3ccc4c(c3)nc(Cc3cccs3)n4C(CC)CC)CC2)C1.CC. The van der Waals surface area contributed by atoms with Gasteiger partial charge in [0.15, 0.2) is 0 Å². The van der Waals surface area contributed by atoms with E-state index in [2.05, 4.69) is 86.0 Å². The number of nitrogens with zero attached hydrogens (tertiary/aromatic N) is 4. The van der Waals surface area contributed by atoms with Crippen LogP contribution in [0.25, 0.3) is 11.0 Å². The molecule has 3 aromatic rings. The highest BCUT2D eigenvalue weighted by atomic mass is 32.1. The highest BCUT2D eigenvalue weighted by molar-refractivity contribution is 7.09. The molecule has 1 aromatic carbocycles. The molecule has 1 fully saturated rings. The first kappa shape index (κ1) is 37.6. The van der Waals surface area contributed by atoms with Gasteiger partial charge in [-0.15, -0.1) is 11.3 Å². The molecule has 48 heavy (non-hydrogen) atoms. The van der Waals surface area contributed by atoms with Gasteiger partial charge in [-0.05, 0) is 93.5 Å². The number of likely N-dealkylation sites (tertiary alicyclic amines) is 1. The Balaban J connectivity index is 0.00000255. The summed E-state index contributed by atoms with van der Waals surface area (Å²) in [6, 6.07) is 10.4. The lowest BCUT2D eigenvalue weighted by Crippen LogP contribution is -2.54. The maximum Gasteiger partial charge on any atom is 0.252 e. The molecule has 0 aliphatic carbocycles. The van der Waals surface area contributed by atoms with E-state index in [1.165, 1.54) is 16.0 Å². The number of piperidine rings is 1. The van der Waals surface area contributed by atoms with Crippen LogP contribution in [0.4, 0.5) is 0 Å². The molecule has 2 aliphatic rings. The number of hydrogen-bond acceptors (Lipinski definition) is 5. The molecule has 2 amide bonds. The molecule has 262 valence electrons. The van der Waals surface area contributed by atoms with Crippen molar-refractivity contribution in [3.63, 3.8) is 0 Å². The highest BCUT2D eigenvalue weighted by Gasteiger charge is 2.33. The fourth-order valence-electron chi connectivity index (χ4n) is 7.26. The van der Waals surface area contributed by atoms with Crippen LogP contribution in [0, 0.1) is 5.92 Å². The number of benzene rings is 1. The van der Waals surface area contributed by atoms with Crippen LogP contribution in [0.2, 0.25) is 0 Å². The van der Waals surface area contributed by atoms with Gasteiger partial charge < -0.3 is 14.8 Å². The van der Waals surface area contributed by atoms with E-state index in [4.69, 9.17) is 4.98 Å². The number of hydrogen-bond donors (Lipinski definition) is 1. The number of imidazole rings is 1. The van der Waals surface area contributed by atoms with Crippen LogP contribution in [0.3, 0.4) is 0 Å². The maximum atomic E-state index is 13.9. The summed E-state index contributed by atoms with van der Waals surface area (Å²) in [5.74, 6) is 1.15. The van der Waals surface area contributed by atoms with Crippen LogP contribution in [-0.4, -0.2) is 69.4 Å². The molecular weight excluding hydrogens is 615 g/mol. The van der Waals surface area contributed by atoms with E-state index in [0.29, 0.717) is 24.1 Å². The van der Waals surface area contributed by atoms with Crippen molar-refractivity contribution in [3.05, 3.63) is 75.3 Å². The van der Waals surface area contributed by atoms with Crippen molar-refractivity contribution in [2.24, 2.45) is 5.92 Å². The number of thiophene rings is 1. The molecule has 4 heterocycles. The first-order valence-corrected chi connectivity index (χ1v) is 19.3. The summed E-state index contributed by atoms with van der Waals surface area (Å²) < 4.78 is 2.37. The van der Waals surface area contributed by atoms with E-state index in [9.17, 15) is 9.59 Å². The maximum absolute atomic E-state index is 13.9. The zero-order chi connectivity index (χ0) is 34.8. The van der Waals surface area contributed by atoms with Crippen LogP contribution >= 0.6 is 11.3 Å². The average molecular weight is 674 g/mol. The van der Waals surface area contributed by atoms with Crippen LogP contribution in [0.1, 0.15) is 121 Å². The van der Waals surface area contributed by atoms with Crippen LogP contribution < -0.4 is 5.32 Å². The number of allylic oxidation sites excluding steroid dienone is 1. The summed E-state index contributed by atoms with van der Waals surface area (Å²) in [6.45, 7) is 20.5. The summed E-state index contributed by atoms with van der Waals surface area (Å²) in [5.41, 5.74) is 5.37. The van der Waals surface area contributed by atoms with Gasteiger partial charge in [0.1, 0.15) is 11.9 Å². The zero-order valence-corrected chi connectivity index (χ0v) is 31.5. The average Bonchev–Trinajstić information content (AvgIpc) is 3.74. The Kier molecular flexibility index (Phi) is 14.1. The molecule has 5 rings (SSSR count). The third-order valence-corrected chi connectivity index (χ3v) is 10.8.